The minimum Gasteiger partial charge on any atom is -0.481 e. The zero-order valence-corrected chi connectivity index (χ0v) is 12.7. The van der Waals surface area contributed by atoms with Crippen molar-refractivity contribution in [3.8, 4) is 11.5 Å². The summed E-state index contributed by atoms with van der Waals surface area (Å²) in [6, 6.07) is 14.1. The van der Waals surface area contributed by atoms with Gasteiger partial charge < -0.3 is 14.6 Å². The first-order valence-electron chi connectivity index (χ1n) is 7.02. The van der Waals surface area contributed by atoms with E-state index in [4.69, 9.17) is 21.1 Å². The van der Waals surface area contributed by atoms with E-state index in [9.17, 15) is 9.90 Å². The third-order valence-corrected chi connectivity index (χ3v) is 4.01. The van der Waals surface area contributed by atoms with E-state index in [1.165, 1.54) is 0 Å². The second kappa shape index (κ2) is 5.54. The number of aliphatic carboxylic acids is 1. The second-order valence-electron chi connectivity index (χ2n) is 5.13. The number of hydrogen-bond acceptors (Lipinski definition) is 3. The van der Waals surface area contributed by atoms with Crippen molar-refractivity contribution in [3.63, 3.8) is 0 Å². The van der Waals surface area contributed by atoms with Crippen LogP contribution in [0, 0.1) is 5.92 Å². The Hall–Kier alpha value is -2.20. The lowest BCUT2D eigenvalue weighted by molar-refractivity contribution is -0.175. The van der Waals surface area contributed by atoms with Gasteiger partial charge in [0.15, 0.2) is 11.5 Å². The van der Waals surface area contributed by atoms with Gasteiger partial charge in [0.2, 0.25) is 0 Å². The summed E-state index contributed by atoms with van der Waals surface area (Å²) < 4.78 is 12.0. The highest BCUT2D eigenvalue weighted by Gasteiger charge is 2.52. The predicted molar refractivity (Wildman–Crippen MR) is 82.2 cm³/mol. The van der Waals surface area contributed by atoms with Gasteiger partial charge in [-0.15, -0.1) is 0 Å². The largest absolute Gasteiger partial charge is 0.481 e. The fraction of sp³-hybridized carbons (Fsp3) is 0.235. The Morgan fingerprint density at radius 3 is 2.50 bits per heavy atom. The van der Waals surface area contributed by atoms with E-state index in [1.54, 1.807) is 37.3 Å². The molecule has 0 saturated carbocycles. The van der Waals surface area contributed by atoms with Crippen LogP contribution in [0.25, 0.3) is 0 Å². The van der Waals surface area contributed by atoms with E-state index in [2.05, 4.69) is 0 Å². The van der Waals surface area contributed by atoms with E-state index >= 15 is 0 Å². The molecule has 5 heteroatoms. The number of fused-ring (bicyclic) bond motifs is 1. The molecular weight excluding hydrogens is 304 g/mol. The molecule has 2 aromatic carbocycles. The van der Waals surface area contributed by atoms with E-state index in [-0.39, 0.29) is 0 Å². The summed E-state index contributed by atoms with van der Waals surface area (Å²) in [5.74, 6) is -2.25. The van der Waals surface area contributed by atoms with Crippen molar-refractivity contribution in [1.29, 1.82) is 0 Å². The molecular formula is C17H15ClO4. The van der Waals surface area contributed by atoms with E-state index < -0.39 is 17.7 Å². The van der Waals surface area contributed by atoms with Crippen molar-refractivity contribution in [3.05, 3.63) is 59.1 Å². The lowest BCUT2D eigenvalue weighted by atomic mass is 9.89. The Kier molecular flexibility index (Phi) is 3.71. The first-order valence-corrected chi connectivity index (χ1v) is 7.40. The summed E-state index contributed by atoms with van der Waals surface area (Å²) in [5, 5.41) is 10.1. The van der Waals surface area contributed by atoms with Crippen LogP contribution in [-0.2, 0) is 10.6 Å². The Morgan fingerprint density at radius 2 is 1.86 bits per heavy atom. The van der Waals surface area contributed by atoms with E-state index in [1.807, 2.05) is 18.2 Å². The molecule has 0 spiro atoms. The predicted octanol–water partition coefficient (Wildman–Crippen LogP) is 4.08. The first kappa shape index (κ1) is 14.7. The number of halogens is 1. The normalized spacial score (nSPS) is 20.6. The van der Waals surface area contributed by atoms with Crippen molar-refractivity contribution >= 4 is 17.6 Å². The van der Waals surface area contributed by atoms with Gasteiger partial charge in [-0.3, -0.25) is 4.79 Å². The number of hydrogen-bond donors (Lipinski definition) is 1. The molecule has 2 unspecified atom stereocenters. The standard InChI is InChI=1S/C17H15ClO4/c1-2-13(16(19)20)17(11-6-4-3-5-7-11)21-14-9-8-12(18)10-15(14)22-17/h3-10,13H,2H2,1H3,(H,19,20). The van der Waals surface area contributed by atoms with Crippen LogP contribution in [0.3, 0.4) is 0 Å². The number of carboxylic acid groups (broad SMARTS) is 1. The van der Waals surface area contributed by atoms with Crippen LogP contribution in [0.1, 0.15) is 18.9 Å². The third-order valence-electron chi connectivity index (χ3n) is 3.77. The van der Waals surface area contributed by atoms with E-state index in [0.717, 1.165) is 0 Å². The van der Waals surface area contributed by atoms with Crippen LogP contribution in [-0.4, -0.2) is 11.1 Å². The second-order valence-corrected chi connectivity index (χ2v) is 5.56. The van der Waals surface area contributed by atoms with Gasteiger partial charge in [-0.05, 0) is 18.6 Å². The van der Waals surface area contributed by atoms with Crippen molar-refractivity contribution in [2.24, 2.45) is 5.92 Å². The molecule has 0 aliphatic carbocycles. The van der Waals surface area contributed by atoms with Crippen LogP contribution in [0.4, 0.5) is 0 Å². The number of ether oxygens (including phenoxy) is 2. The average Bonchev–Trinajstić information content (AvgIpc) is 2.87. The minimum absolute atomic E-state index is 0.367. The molecule has 0 fully saturated rings. The van der Waals surface area contributed by atoms with Crippen molar-refractivity contribution in [2.45, 2.75) is 19.1 Å². The van der Waals surface area contributed by atoms with Crippen molar-refractivity contribution in [2.75, 3.05) is 0 Å². The molecule has 0 radical (unpaired) electrons. The molecule has 4 nitrogen and oxygen atoms in total. The van der Waals surface area contributed by atoms with Gasteiger partial charge in [0, 0.05) is 16.7 Å². The van der Waals surface area contributed by atoms with E-state index in [0.29, 0.717) is 28.5 Å². The van der Waals surface area contributed by atoms with Gasteiger partial charge in [-0.25, -0.2) is 0 Å². The van der Waals surface area contributed by atoms with Gasteiger partial charge in [0.25, 0.3) is 5.79 Å². The smallest absolute Gasteiger partial charge is 0.314 e. The topological polar surface area (TPSA) is 55.8 Å². The highest BCUT2D eigenvalue weighted by atomic mass is 35.5. The molecule has 0 amide bonds. The summed E-state index contributed by atoms with van der Waals surface area (Å²) in [5.41, 5.74) is 0.663. The molecule has 22 heavy (non-hydrogen) atoms. The maximum Gasteiger partial charge on any atom is 0.314 e. The van der Waals surface area contributed by atoms with Gasteiger partial charge in [-0.2, -0.15) is 0 Å². The van der Waals surface area contributed by atoms with Crippen LogP contribution in [0.5, 0.6) is 11.5 Å². The van der Waals surface area contributed by atoms with Gasteiger partial charge in [0.1, 0.15) is 5.92 Å². The maximum absolute atomic E-state index is 11.7. The lowest BCUT2D eigenvalue weighted by Gasteiger charge is -2.33. The summed E-state index contributed by atoms with van der Waals surface area (Å²) in [6.07, 6.45) is 0.367. The Labute approximate surface area is 133 Å². The number of carbonyl (C=O) groups is 1. The fourth-order valence-corrected chi connectivity index (χ4v) is 2.89. The quantitative estimate of drug-likeness (QED) is 0.923. The third kappa shape index (κ3) is 2.29. The summed E-state index contributed by atoms with van der Waals surface area (Å²) in [7, 11) is 0. The molecule has 1 heterocycles. The Balaban J connectivity index is 2.13. The number of rotatable bonds is 4. The first-order chi connectivity index (χ1) is 10.6. The van der Waals surface area contributed by atoms with Gasteiger partial charge in [-0.1, -0.05) is 48.9 Å². The summed E-state index contributed by atoms with van der Waals surface area (Å²) in [6.45, 7) is 1.80. The van der Waals surface area contributed by atoms with Crippen molar-refractivity contribution in [1.82, 2.24) is 0 Å². The van der Waals surface area contributed by atoms with Crippen LogP contribution < -0.4 is 9.47 Å². The monoisotopic (exact) mass is 318 g/mol. The molecule has 1 aliphatic heterocycles. The SMILES string of the molecule is CCC(C(=O)O)C1(c2ccccc2)Oc2ccc(Cl)cc2O1. The minimum atomic E-state index is -1.38. The molecule has 0 aromatic heterocycles. The average molecular weight is 319 g/mol. The molecule has 0 bridgehead atoms. The van der Waals surface area contributed by atoms with Gasteiger partial charge in [0.05, 0.1) is 0 Å². The summed E-state index contributed by atoms with van der Waals surface area (Å²) in [4.78, 5) is 11.7. The zero-order valence-electron chi connectivity index (χ0n) is 12.0. The van der Waals surface area contributed by atoms with Crippen LogP contribution in [0.15, 0.2) is 48.5 Å². The highest BCUT2D eigenvalue weighted by molar-refractivity contribution is 6.30. The zero-order chi connectivity index (χ0) is 15.7. The molecule has 2 atom stereocenters. The lowest BCUT2D eigenvalue weighted by Crippen LogP contribution is -2.46. The molecule has 3 rings (SSSR count). The van der Waals surface area contributed by atoms with Gasteiger partial charge >= 0.3 is 5.97 Å². The molecule has 1 N–H and O–H groups in total. The number of benzene rings is 2. The highest BCUT2D eigenvalue weighted by Crippen LogP contribution is 2.49. The molecule has 1 aliphatic rings. The Morgan fingerprint density at radius 1 is 1.18 bits per heavy atom. The Bertz CT molecular complexity index is 701. The number of carboxylic acids is 1. The maximum atomic E-state index is 11.7. The molecule has 0 saturated heterocycles. The van der Waals surface area contributed by atoms with Crippen LogP contribution >= 0.6 is 11.6 Å². The molecule has 2 aromatic rings. The van der Waals surface area contributed by atoms with Crippen LogP contribution in [0.2, 0.25) is 5.02 Å². The molecule has 114 valence electrons. The summed E-state index contributed by atoms with van der Waals surface area (Å²) >= 11 is 5.99. The van der Waals surface area contributed by atoms with Crippen molar-refractivity contribution < 1.29 is 19.4 Å². The fourth-order valence-electron chi connectivity index (χ4n) is 2.73.